The number of hydrogen-bond acceptors (Lipinski definition) is 4. The molecule has 1 fully saturated rings. The molecular formula is C11H13NO4. The van der Waals surface area contributed by atoms with Gasteiger partial charge in [0.1, 0.15) is 11.5 Å². The van der Waals surface area contributed by atoms with Gasteiger partial charge in [-0.3, -0.25) is 9.78 Å². The second-order valence-corrected chi connectivity index (χ2v) is 3.74. The van der Waals surface area contributed by atoms with Crippen LogP contribution < -0.4 is 9.47 Å². The van der Waals surface area contributed by atoms with E-state index in [2.05, 4.69) is 4.98 Å². The molecule has 2 rings (SSSR count). The van der Waals surface area contributed by atoms with Crippen molar-refractivity contribution in [2.75, 3.05) is 14.2 Å². The summed E-state index contributed by atoms with van der Waals surface area (Å²) in [5.74, 6) is 0.0581. The zero-order valence-corrected chi connectivity index (χ0v) is 9.14. The van der Waals surface area contributed by atoms with Crippen molar-refractivity contribution < 1.29 is 19.4 Å². The summed E-state index contributed by atoms with van der Waals surface area (Å²) in [6.07, 6.45) is 3.79. The highest BCUT2D eigenvalue weighted by Crippen LogP contribution is 2.53. The number of aromatic nitrogens is 1. The molecule has 1 saturated carbocycles. The Morgan fingerprint density at radius 1 is 1.38 bits per heavy atom. The molecule has 1 aromatic rings. The van der Waals surface area contributed by atoms with Crippen molar-refractivity contribution in [3.63, 3.8) is 0 Å². The molecule has 0 spiro atoms. The van der Waals surface area contributed by atoms with Gasteiger partial charge in [0.15, 0.2) is 0 Å². The molecule has 1 aliphatic carbocycles. The Hall–Kier alpha value is -1.78. The minimum absolute atomic E-state index is 0.0228. The summed E-state index contributed by atoms with van der Waals surface area (Å²) in [5, 5.41) is 8.91. The van der Waals surface area contributed by atoms with Crippen molar-refractivity contribution >= 4 is 5.97 Å². The van der Waals surface area contributed by atoms with Crippen LogP contribution >= 0.6 is 0 Å². The molecule has 1 aromatic heterocycles. The largest absolute Gasteiger partial charge is 0.495 e. The SMILES string of the molecule is COc1cncc(OC)c1C1CC1C(=O)O. The zero-order valence-electron chi connectivity index (χ0n) is 9.14. The molecule has 5 heteroatoms. The van der Waals surface area contributed by atoms with E-state index in [0.717, 1.165) is 5.56 Å². The molecular weight excluding hydrogens is 210 g/mol. The van der Waals surface area contributed by atoms with Crippen LogP contribution in [0.3, 0.4) is 0 Å². The zero-order chi connectivity index (χ0) is 11.7. The molecule has 0 aromatic carbocycles. The van der Waals surface area contributed by atoms with Crippen molar-refractivity contribution in [3.05, 3.63) is 18.0 Å². The number of carboxylic acid groups (broad SMARTS) is 1. The minimum Gasteiger partial charge on any atom is -0.495 e. The predicted molar refractivity (Wildman–Crippen MR) is 55.8 cm³/mol. The van der Waals surface area contributed by atoms with Crippen LogP contribution in [-0.2, 0) is 4.79 Å². The lowest BCUT2D eigenvalue weighted by Crippen LogP contribution is -2.02. The molecule has 0 saturated heterocycles. The van der Waals surface area contributed by atoms with Gasteiger partial charge in [-0.05, 0) is 6.42 Å². The first-order valence-electron chi connectivity index (χ1n) is 4.97. The van der Waals surface area contributed by atoms with Gasteiger partial charge in [0, 0.05) is 11.5 Å². The maximum absolute atomic E-state index is 10.8. The number of ether oxygens (including phenoxy) is 2. The number of rotatable bonds is 4. The Bertz CT molecular complexity index is 396. The van der Waals surface area contributed by atoms with Gasteiger partial charge in [0.05, 0.1) is 32.5 Å². The molecule has 0 aliphatic heterocycles. The first-order chi connectivity index (χ1) is 7.69. The Labute approximate surface area is 93.0 Å². The van der Waals surface area contributed by atoms with E-state index in [1.165, 1.54) is 14.2 Å². The molecule has 1 aliphatic rings. The molecule has 1 heterocycles. The van der Waals surface area contributed by atoms with Gasteiger partial charge in [-0.25, -0.2) is 0 Å². The molecule has 16 heavy (non-hydrogen) atoms. The Balaban J connectivity index is 2.35. The average Bonchev–Trinajstić information content (AvgIpc) is 3.07. The molecule has 0 radical (unpaired) electrons. The molecule has 86 valence electrons. The van der Waals surface area contributed by atoms with E-state index >= 15 is 0 Å². The quantitative estimate of drug-likeness (QED) is 0.832. The van der Waals surface area contributed by atoms with Crippen LogP contribution in [0.25, 0.3) is 0 Å². The van der Waals surface area contributed by atoms with Gasteiger partial charge < -0.3 is 14.6 Å². The normalized spacial score (nSPS) is 22.6. The summed E-state index contributed by atoms with van der Waals surface area (Å²) < 4.78 is 10.4. The van der Waals surface area contributed by atoms with Crippen LogP contribution in [0.15, 0.2) is 12.4 Å². The number of methoxy groups -OCH3 is 2. The summed E-state index contributed by atoms with van der Waals surface area (Å²) in [6, 6.07) is 0. The highest BCUT2D eigenvalue weighted by atomic mass is 16.5. The topological polar surface area (TPSA) is 68.7 Å². The van der Waals surface area contributed by atoms with Gasteiger partial charge in [0.2, 0.25) is 0 Å². The van der Waals surface area contributed by atoms with Gasteiger partial charge in [-0.15, -0.1) is 0 Å². The Morgan fingerprint density at radius 3 is 2.31 bits per heavy atom. The van der Waals surface area contributed by atoms with Crippen LogP contribution in [0, 0.1) is 5.92 Å². The minimum atomic E-state index is -0.772. The summed E-state index contributed by atoms with van der Waals surface area (Å²) in [7, 11) is 3.08. The first-order valence-corrected chi connectivity index (χ1v) is 4.97. The highest BCUT2D eigenvalue weighted by molar-refractivity contribution is 5.76. The van der Waals surface area contributed by atoms with E-state index in [0.29, 0.717) is 17.9 Å². The van der Waals surface area contributed by atoms with E-state index in [1.807, 2.05) is 0 Å². The van der Waals surface area contributed by atoms with Crippen LogP contribution in [-0.4, -0.2) is 30.3 Å². The van der Waals surface area contributed by atoms with E-state index in [1.54, 1.807) is 12.4 Å². The fraction of sp³-hybridized carbons (Fsp3) is 0.455. The predicted octanol–water partition coefficient (Wildman–Crippen LogP) is 1.29. The van der Waals surface area contributed by atoms with Crippen molar-refractivity contribution in [1.29, 1.82) is 0 Å². The second-order valence-electron chi connectivity index (χ2n) is 3.74. The van der Waals surface area contributed by atoms with Gasteiger partial charge >= 0.3 is 5.97 Å². The van der Waals surface area contributed by atoms with E-state index in [4.69, 9.17) is 14.6 Å². The highest BCUT2D eigenvalue weighted by Gasteiger charge is 2.47. The summed E-state index contributed by atoms with van der Waals surface area (Å²) in [4.78, 5) is 14.8. The maximum Gasteiger partial charge on any atom is 0.307 e. The third kappa shape index (κ3) is 1.68. The molecule has 5 nitrogen and oxygen atoms in total. The number of pyridine rings is 1. The molecule has 0 amide bonds. The lowest BCUT2D eigenvalue weighted by atomic mass is 10.1. The van der Waals surface area contributed by atoms with Crippen LogP contribution in [0.5, 0.6) is 11.5 Å². The number of hydrogen-bond donors (Lipinski definition) is 1. The number of carboxylic acids is 1. The standard InChI is InChI=1S/C11H13NO4/c1-15-8-4-12-5-9(16-2)10(8)6-3-7(6)11(13)14/h4-7H,3H2,1-2H3,(H,13,14). The van der Waals surface area contributed by atoms with Crippen molar-refractivity contribution in [1.82, 2.24) is 4.98 Å². The maximum atomic E-state index is 10.8. The smallest absolute Gasteiger partial charge is 0.307 e. The number of aliphatic carboxylic acids is 1. The monoisotopic (exact) mass is 223 g/mol. The Kier molecular flexibility index (Phi) is 2.68. The molecule has 2 atom stereocenters. The second kappa shape index (κ2) is 4.00. The van der Waals surface area contributed by atoms with Gasteiger partial charge in [-0.1, -0.05) is 0 Å². The third-order valence-corrected chi connectivity index (χ3v) is 2.83. The van der Waals surface area contributed by atoms with E-state index < -0.39 is 5.97 Å². The summed E-state index contributed by atoms with van der Waals surface area (Å²) >= 11 is 0. The number of nitrogens with zero attached hydrogens (tertiary/aromatic N) is 1. The van der Waals surface area contributed by atoms with Crippen molar-refractivity contribution in [2.45, 2.75) is 12.3 Å². The average molecular weight is 223 g/mol. The summed E-state index contributed by atoms with van der Waals surface area (Å²) in [6.45, 7) is 0. The lowest BCUT2D eigenvalue weighted by Gasteiger charge is -2.11. The third-order valence-electron chi connectivity index (χ3n) is 2.83. The lowest BCUT2D eigenvalue weighted by molar-refractivity contribution is -0.138. The number of carbonyl (C=O) groups is 1. The van der Waals surface area contributed by atoms with Crippen molar-refractivity contribution in [3.8, 4) is 11.5 Å². The van der Waals surface area contributed by atoms with Crippen LogP contribution in [0.2, 0.25) is 0 Å². The van der Waals surface area contributed by atoms with E-state index in [-0.39, 0.29) is 11.8 Å². The van der Waals surface area contributed by atoms with Gasteiger partial charge in [-0.2, -0.15) is 0 Å². The fourth-order valence-electron chi connectivity index (χ4n) is 1.91. The van der Waals surface area contributed by atoms with Crippen LogP contribution in [0.4, 0.5) is 0 Å². The fourth-order valence-corrected chi connectivity index (χ4v) is 1.91. The van der Waals surface area contributed by atoms with Crippen LogP contribution in [0.1, 0.15) is 17.9 Å². The first kappa shape index (κ1) is 10.7. The van der Waals surface area contributed by atoms with E-state index in [9.17, 15) is 4.79 Å². The van der Waals surface area contributed by atoms with Crippen molar-refractivity contribution in [2.24, 2.45) is 5.92 Å². The molecule has 2 unspecified atom stereocenters. The van der Waals surface area contributed by atoms with Gasteiger partial charge in [0.25, 0.3) is 0 Å². The Morgan fingerprint density at radius 2 is 1.94 bits per heavy atom. The molecule has 1 N–H and O–H groups in total. The summed E-state index contributed by atoms with van der Waals surface area (Å²) in [5.41, 5.74) is 0.812. The molecule has 0 bridgehead atoms.